The molecule has 0 saturated heterocycles. The van der Waals surface area contributed by atoms with E-state index in [0.29, 0.717) is 29.5 Å². The first-order valence-corrected chi connectivity index (χ1v) is 10.7. The molecule has 0 amide bonds. The van der Waals surface area contributed by atoms with Crippen LogP contribution in [0.2, 0.25) is 0 Å². The third kappa shape index (κ3) is 2.45. The average molecular weight is 359 g/mol. The zero-order valence-corrected chi connectivity index (χ0v) is 16.8. The monoisotopic (exact) mass is 358 g/mol. The van der Waals surface area contributed by atoms with Crippen molar-refractivity contribution in [2.24, 2.45) is 35.0 Å². The van der Waals surface area contributed by atoms with E-state index < -0.39 is 0 Å². The quantitative estimate of drug-likeness (QED) is 0.646. The normalized spacial score (nSPS) is 47.5. The van der Waals surface area contributed by atoms with Crippen molar-refractivity contribution in [3.05, 3.63) is 11.6 Å². The van der Waals surface area contributed by atoms with Crippen LogP contribution in [-0.4, -0.2) is 17.4 Å². The van der Waals surface area contributed by atoms with Crippen molar-refractivity contribution in [1.29, 1.82) is 0 Å². The summed E-state index contributed by atoms with van der Waals surface area (Å²) in [6.07, 6.45) is 10.4. The van der Waals surface area contributed by atoms with Gasteiger partial charge >= 0.3 is 5.97 Å². The Bertz CT molecular complexity index is 650. The Morgan fingerprint density at radius 3 is 2.73 bits per heavy atom. The summed E-state index contributed by atoms with van der Waals surface area (Å²) in [6, 6.07) is 0. The summed E-state index contributed by atoms with van der Waals surface area (Å²) in [4.78, 5) is 23.8. The molecule has 3 saturated carbocycles. The van der Waals surface area contributed by atoms with Gasteiger partial charge in [-0.15, -0.1) is 0 Å². The Labute approximate surface area is 157 Å². The molecular formula is C23H34O3. The Morgan fingerprint density at radius 2 is 2.04 bits per heavy atom. The number of ketones is 1. The maximum Gasteiger partial charge on any atom is 0.303 e. The molecule has 0 aliphatic heterocycles. The van der Waals surface area contributed by atoms with Crippen LogP contribution in [0.3, 0.4) is 0 Å². The maximum absolute atomic E-state index is 11.9. The third-order valence-electron chi connectivity index (χ3n) is 8.80. The van der Waals surface area contributed by atoms with Gasteiger partial charge in [-0.25, -0.2) is 0 Å². The smallest absolute Gasteiger partial charge is 0.303 e. The molecule has 3 nitrogen and oxygen atoms in total. The molecule has 0 aromatic rings. The van der Waals surface area contributed by atoms with E-state index >= 15 is 0 Å². The van der Waals surface area contributed by atoms with Gasteiger partial charge in [-0.3, -0.25) is 9.59 Å². The van der Waals surface area contributed by atoms with Crippen molar-refractivity contribution in [1.82, 2.24) is 0 Å². The highest BCUT2D eigenvalue weighted by Crippen LogP contribution is 2.67. The lowest BCUT2D eigenvalue weighted by Gasteiger charge is -2.58. The molecule has 0 bridgehead atoms. The molecule has 0 radical (unpaired) electrons. The second-order valence-electron chi connectivity index (χ2n) is 9.80. The Kier molecular flexibility index (Phi) is 4.36. The van der Waals surface area contributed by atoms with E-state index in [1.54, 1.807) is 6.92 Å². The van der Waals surface area contributed by atoms with Gasteiger partial charge in [0, 0.05) is 18.8 Å². The molecule has 1 unspecified atom stereocenters. The Balaban J connectivity index is 1.68. The van der Waals surface area contributed by atoms with Crippen molar-refractivity contribution in [3.8, 4) is 0 Å². The lowest BCUT2D eigenvalue weighted by Crippen LogP contribution is -2.56. The van der Waals surface area contributed by atoms with E-state index in [1.807, 2.05) is 6.08 Å². The van der Waals surface area contributed by atoms with E-state index in [9.17, 15) is 9.59 Å². The minimum Gasteiger partial charge on any atom is -0.459 e. The van der Waals surface area contributed by atoms with Gasteiger partial charge in [0.1, 0.15) is 5.60 Å². The number of hydrogen-bond donors (Lipinski definition) is 0. The second-order valence-corrected chi connectivity index (χ2v) is 9.80. The molecule has 3 heteroatoms. The topological polar surface area (TPSA) is 43.4 Å². The number of ether oxygens (including phenoxy) is 1. The number of carbonyl (C=O) groups is 2. The van der Waals surface area contributed by atoms with Gasteiger partial charge in [0.2, 0.25) is 0 Å². The highest BCUT2D eigenvalue weighted by molar-refractivity contribution is 5.91. The number of allylic oxidation sites excluding steroid dienone is 1. The molecule has 0 heterocycles. The fraction of sp³-hybridized carbons (Fsp3) is 0.826. The van der Waals surface area contributed by atoms with Crippen LogP contribution in [0.1, 0.15) is 79.1 Å². The second kappa shape index (κ2) is 6.21. The summed E-state index contributed by atoms with van der Waals surface area (Å²) in [6.45, 7) is 8.60. The van der Waals surface area contributed by atoms with Gasteiger partial charge < -0.3 is 4.74 Å². The molecule has 7 atom stereocenters. The molecule has 0 N–H and O–H groups in total. The molecule has 0 spiro atoms. The van der Waals surface area contributed by atoms with E-state index in [0.717, 1.165) is 44.4 Å². The summed E-state index contributed by atoms with van der Waals surface area (Å²) in [5, 5.41) is 0. The van der Waals surface area contributed by atoms with Crippen LogP contribution >= 0.6 is 0 Å². The number of carbonyl (C=O) groups excluding carboxylic acids is 2. The van der Waals surface area contributed by atoms with Crippen LogP contribution < -0.4 is 0 Å². The largest absolute Gasteiger partial charge is 0.459 e. The zero-order chi connectivity index (χ0) is 18.7. The number of fused-ring (bicyclic) bond motifs is 5. The summed E-state index contributed by atoms with van der Waals surface area (Å²) < 4.78 is 6.07. The lowest BCUT2D eigenvalue weighted by atomic mass is 9.47. The van der Waals surface area contributed by atoms with Crippen molar-refractivity contribution in [2.45, 2.75) is 84.7 Å². The van der Waals surface area contributed by atoms with Crippen LogP contribution in [0.5, 0.6) is 0 Å². The molecule has 144 valence electrons. The average Bonchev–Trinajstić information content (AvgIpc) is 2.86. The van der Waals surface area contributed by atoms with E-state index in [4.69, 9.17) is 4.74 Å². The fourth-order valence-corrected chi connectivity index (χ4v) is 7.93. The molecule has 4 aliphatic rings. The van der Waals surface area contributed by atoms with Crippen molar-refractivity contribution < 1.29 is 14.3 Å². The minimum absolute atomic E-state index is 0.0969. The molecule has 3 fully saturated rings. The predicted molar refractivity (Wildman–Crippen MR) is 101 cm³/mol. The summed E-state index contributed by atoms with van der Waals surface area (Å²) >= 11 is 0. The number of hydrogen-bond acceptors (Lipinski definition) is 3. The van der Waals surface area contributed by atoms with Crippen LogP contribution in [0.15, 0.2) is 11.6 Å². The highest BCUT2D eigenvalue weighted by atomic mass is 16.6. The van der Waals surface area contributed by atoms with Crippen LogP contribution in [-0.2, 0) is 14.3 Å². The maximum atomic E-state index is 11.9. The van der Waals surface area contributed by atoms with Gasteiger partial charge in [0.15, 0.2) is 5.78 Å². The first-order valence-electron chi connectivity index (χ1n) is 10.7. The van der Waals surface area contributed by atoms with Gasteiger partial charge in [-0.05, 0) is 80.6 Å². The van der Waals surface area contributed by atoms with E-state index in [-0.39, 0.29) is 17.0 Å². The van der Waals surface area contributed by atoms with Crippen molar-refractivity contribution in [3.63, 3.8) is 0 Å². The van der Waals surface area contributed by atoms with E-state index in [2.05, 4.69) is 20.8 Å². The summed E-state index contributed by atoms with van der Waals surface area (Å²) in [5.41, 5.74) is 1.26. The van der Waals surface area contributed by atoms with Gasteiger partial charge in [-0.2, -0.15) is 0 Å². The molecular weight excluding hydrogens is 324 g/mol. The standard InChI is InChI=1S/C23H34O3/c1-5-23(26-15(3)24)11-10-20-19-8-6-16-12-17(25)7-9-18(16)21(19)14(2)13-22(20,23)4/h12,14,18-21H,5-11,13H2,1-4H3/t14?,18-,19-,20-,21+,22-,23+/m0/s1. The highest BCUT2D eigenvalue weighted by Gasteiger charge is 2.65. The summed E-state index contributed by atoms with van der Waals surface area (Å²) in [7, 11) is 0. The first kappa shape index (κ1) is 18.3. The number of esters is 1. The third-order valence-corrected chi connectivity index (χ3v) is 8.80. The van der Waals surface area contributed by atoms with Crippen LogP contribution in [0.4, 0.5) is 0 Å². The predicted octanol–water partition coefficient (Wildman–Crippen LogP) is 5.09. The van der Waals surface area contributed by atoms with Crippen molar-refractivity contribution in [2.75, 3.05) is 0 Å². The van der Waals surface area contributed by atoms with Crippen molar-refractivity contribution >= 4 is 11.8 Å². The van der Waals surface area contributed by atoms with Gasteiger partial charge in [0.25, 0.3) is 0 Å². The lowest BCUT2D eigenvalue weighted by molar-refractivity contribution is -0.185. The van der Waals surface area contributed by atoms with Crippen LogP contribution in [0.25, 0.3) is 0 Å². The molecule has 0 aromatic heterocycles. The number of rotatable bonds is 2. The minimum atomic E-state index is -0.276. The van der Waals surface area contributed by atoms with Gasteiger partial charge in [0.05, 0.1) is 0 Å². The molecule has 0 aromatic carbocycles. The Morgan fingerprint density at radius 1 is 1.27 bits per heavy atom. The first-order chi connectivity index (χ1) is 12.3. The molecule has 26 heavy (non-hydrogen) atoms. The van der Waals surface area contributed by atoms with Gasteiger partial charge in [-0.1, -0.05) is 26.3 Å². The zero-order valence-electron chi connectivity index (χ0n) is 16.8. The molecule has 4 aliphatic carbocycles. The Hall–Kier alpha value is -1.12. The molecule has 4 rings (SSSR count). The van der Waals surface area contributed by atoms with Crippen LogP contribution in [0, 0.1) is 35.0 Å². The fourth-order valence-electron chi connectivity index (χ4n) is 7.93. The van der Waals surface area contributed by atoms with E-state index in [1.165, 1.54) is 18.4 Å². The summed E-state index contributed by atoms with van der Waals surface area (Å²) in [5.74, 6) is 3.56. The SMILES string of the molecule is CC[C@@]1(OC(C)=O)CC[C@H]2[C@@H]3CCC4=CC(=O)CC[C@@H]4[C@H]3C(C)C[C@@]21C.